The number of aromatic carboxylic acids is 1. The van der Waals surface area contributed by atoms with Crippen LogP contribution in [0, 0.1) is 0 Å². The predicted molar refractivity (Wildman–Crippen MR) is 64.1 cm³/mol. The van der Waals surface area contributed by atoms with Crippen molar-refractivity contribution in [3.05, 3.63) is 34.9 Å². The highest BCUT2D eigenvalue weighted by Gasteiger charge is 2.26. The number of thiazole rings is 1. The lowest BCUT2D eigenvalue weighted by molar-refractivity contribution is 0.0675. The first-order valence-corrected chi connectivity index (χ1v) is 6.30. The number of imidazole rings is 1. The number of carboxylic acids is 1. The second-order valence-corrected chi connectivity index (χ2v) is 4.78. The zero-order valence-corrected chi connectivity index (χ0v) is 10.6. The van der Waals surface area contributed by atoms with Crippen LogP contribution in [0.4, 0.5) is 8.78 Å². The smallest absolute Gasteiger partial charge is 0.358 e. The van der Waals surface area contributed by atoms with Gasteiger partial charge in [-0.15, -0.1) is 16.4 Å². The Kier molecular flexibility index (Phi) is 2.93. The zero-order chi connectivity index (χ0) is 14.3. The molecule has 3 rings (SSSR count). The molecule has 1 N–H and O–H groups in total. The van der Waals surface area contributed by atoms with Gasteiger partial charge in [0.2, 0.25) is 0 Å². The first kappa shape index (κ1) is 12.7. The quantitative estimate of drug-likeness (QED) is 0.792. The van der Waals surface area contributed by atoms with Crippen molar-refractivity contribution in [1.29, 1.82) is 0 Å². The highest BCUT2D eigenvalue weighted by molar-refractivity contribution is 7.15. The third-order valence-corrected chi connectivity index (χ3v) is 3.41. The molecule has 0 saturated carbocycles. The minimum absolute atomic E-state index is 0.0612. The Labute approximate surface area is 114 Å². The largest absolute Gasteiger partial charge is 0.476 e. The van der Waals surface area contributed by atoms with E-state index in [9.17, 15) is 13.6 Å². The number of hydrogen-bond donors (Lipinski definition) is 1. The van der Waals surface area contributed by atoms with Gasteiger partial charge in [0.1, 0.15) is 5.69 Å². The summed E-state index contributed by atoms with van der Waals surface area (Å²) >= 11 is 1.40. The van der Waals surface area contributed by atoms with Crippen LogP contribution in [0.1, 0.15) is 28.3 Å². The molecule has 3 aromatic rings. The van der Waals surface area contributed by atoms with Crippen LogP contribution in [0.5, 0.6) is 0 Å². The molecule has 0 fully saturated rings. The number of nitrogens with zero attached hydrogens (tertiary/aromatic N) is 5. The molecule has 104 valence electrons. The third-order valence-electron chi connectivity index (χ3n) is 2.64. The lowest BCUT2D eigenvalue weighted by Gasteiger charge is -2.03. The van der Waals surface area contributed by atoms with Gasteiger partial charge >= 0.3 is 5.97 Å². The van der Waals surface area contributed by atoms with Crippen LogP contribution in [0.15, 0.2) is 17.8 Å². The lowest BCUT2D eigenvalue weighted by Crippen LogP contribution is -2.10. The summed E-state index contributed by atoms with van der Waals surface area (Å²) in [6.07, 6.45) is 0.484. The molecule has 0 atom stereocenters. The van der Waals surface area contributed by atoms with E-state index in [1.165, 1.54) is 11.3 Å². The number of carbonyl (C=O) groups is 1. The SMILES string of the molecule is O=C(O)c1nnn(Cc2cn3ccsc3n2)c1C(F)F. The summed E-state index contributed by atoms with van der Waals surface area (Å²) in [4.78, 5) is 15.8. The van der Waals surface area contributed by atoms with Gasteiger partial charge < -0.3 is 5.11 Å². The van der Waals surface area contributed by atoms with E-state index < -0.39 is 23.8 Å². The molecule has 10 heteroatoms. The summed E-state index contributed by atoms with van der Waals surface area (Å²) in [5.41, 5.74) is -0.949. The summed E-state index contributed by atoms with van der Waals surface area (Å²) < 4.78 is 28.5. The molecule has 7 nitrogen and oxygen atoms in total. The van der Waals surface area contributed by atoms with Gasteiger partial charge in [0.25, 0.3) is 6.43 Å². The highest BCUT2D eigenvalue weighted by Crippen LogP contribution is 2.22. The molecular formula is C10H7F2N5O2S. The molecule has 0 unspecified atom stereocenters. The van der Waals surface area contributed by atoms with Crippen molar-refractivity contribution in [2.75, 3.05) is 0 Å². The van der Waals surface area contributed by atoms with E-state index in [4.69, 9.17) is 5.11 Å². The van der Waals surface area contributed by atoms with E-state index in [1.807, 2.05) is 5.38 Å². The average Bonchev–Trinajstić information content (AvgIpc) is 3.01. The lowest BCUT2D eigenvalue weighted by atomic mass is 10.3. The Morgan fingerprint density at radius 1 is 1.50 bits per heavy atom. The molecule has 0 radical (unpaired) electrons. The van der Waals surface area contributed by atoms with E-state index >= 15 is 0 Å². The molecule has 0 aliphatic carbocycles. The minimum Gasteiger partial charge on any atom is -0.476 e. The van der Waals surface area contributed by atoms with Crippen molar-refractivity contribution in [3.8, 4) is 0 Å². The van der Waals surface area contributed by atoms with E-state index in [0.717, 1.165) is 9.64 Å². The fraction of sp³-hybridized carbons (Fsp3) is 0.200. The molecule has 0 saturated heterocycles. The van der Waals surface area contributed by atoms with Gasteiger partial charge in [-0.25, -0.2) is 23.2 Å². The van der Waals surface area contributed by atoms with Crippen molar-refractivity contribution in [2.45, 2.75) is 13.0 Å². The molecule has 3 aromatic heterocycles. The Morgan fingerprint density at radius 3 is 2.95 bits per heavy atom. The number of rotatable bonds is 4. The zero-order valence-electron chi connectivity index (χ0n) is 9.77. The van der Waals surface area contributed by atoms with Crippen molar-refractivity contribution in [1.82, 2.24) is 24.4 Å². The highest BCUT2D eigenvalue weighted by atomic mass is 32.1. The molecular weight excluding hydrogens is 292 g/mol. The standard InChI is InChI=1S/C10H7F2N5O2S/c11-8(12)7-6(9(18)19)14-15-17(7)4-5-3-16-1-2-20-10(16)13-5/h1-3,8H,4H2,(H,18,19). The van der Waals surface area contributed by atoms with Gasteiger partial charge in [-0.05, 0) is 0 Å². The molecule has 3 heterocycles. The van der Waals surface area contributed by atoms with Gasteiger partial charge in [-0.2, -0.15) is 0 Å². The molecule has 0 bridgehead atoms. The van der Waals surface area contributed by atoms with Crippen LogP contribution < -0.4 is 0 Å². The number of carboxylic acid groups (broad SMARTS) is 1. The first-order chi connectivity index (χ1) is 9.56. The molecule has 0 aliphatic rings. The van der Waals surface area contributed by atoms with Gasteiger partial charge in [0.05, 0.1) is 12.2 Å². The molecule has 0 spiro atoms. The van der Waals surface area contributed by atoms with Crippen molar-refractivity contribution in [2.24, 2.45) is 0 Å². The Morgan fingerprint density at radius 2 is 2.30 bits per heavy atom. The van der Waals surface area contributed by atoms with E-state index in [1.54, 1.807) is 16.8 Å². The van der Waals surface area contributed by atoms with Crippen LogP contribution in [-0.2, 0) is 6.54 Å². The molecule has 20 heavy (non-hydrogen) atoms. The van der Waals surface area contributed by atoms with E-state index in [-0.39, 0.29) is 6.54 Å². The van der Waals surface area contributed by atoms with E-state index in [2.05, 4.69) is 15.3 Å². The van der Waals surface area contributed by atoms with Crippen molar-refractivity contribution >= 4 is 22.3 Å². The van der Waals surface area contributed by atoms with Crippen LogP contribution >= 0.6 is 11.3 Å². The summed E-state index contributed by atoms with van der Waals surface area (Å²) in [7, 11) is 0. The Bertz CT molecular complexity index is 749. The van der Waals surface area contributed by atoms with Crippen LogP contribution in [0.25, 0.3) is 4.96 Å². The van der Waals surface area contributed by atoms with Crippen molar-refractivity contribution < 1.29 is 18.7 Å². The summed E-state index contributed by atoms with van der Waals surface area (Å²) in [5.74, 6) is -1.53. The molecule has 0 amide bonds. The third kappa shape index (κ3) is 2.03. The predicted octanol–water partition coefficient (Wildman–Crippen LogP) is 1.67. The maximum atomic E-state index is 12.9. The topological polar surface area (TPSA) is 85.3 Å². The fourth-order valence-electron chi connectivity index (χ4n) is 1.81. The van der Waals surface area contributed by atoms with Crippen LogP contribution in [-0.4, -0.2) is 35.5 Å². The van der Waals surface area contributed by atoms with Gasteiger partial charge in [-0.3, -0.25) is 4.40 Å². The molecule has 0 aromatic carbocycles. The first-order valence-electron chi connectivity index (χ1n) is 5.42. The second-order valence-electron chi connectivity index (χ2n) is 3.91. The Hall–Kier alpha value is -2.36. The fourth-order valence-corrected chi connectivity index (χ4v) is 2.53. The Balaban J connectivity index is 1.98. The number of alkyl halides is 2. The van der Waals surface area contributed by atoms with Gasteiger partial charge in [-0.1, -0.05) is 5.21 Å². The minimum atomic E-state index is -2.97. The summed E-state index contributed by atoms with van der Waals surface area (Å²) in [6.45, 7) is -0.0612. The van der Waals surface area contributed by atoms with Crippen LogP contribution in [0.2, 0.25) is 0 Å². The van der Waals surface area contributed by atoms with Crippen molar-refractivity contribution in [3.63, 3.8) is 0 Å². The number of halogens is 2. The number of hydrogen-bond acceptors (Lipinski definition) is 5. The monoisotopic (exact) mass is 299 g/mol. The van der Waals surface area contributed by atoms with Crippen LogP contribution in [0.3, 0.4) is 0 Å². The summed E-state index contributed by atoms with van der Waals surface area (Å²) in [6, 6.07) is 0. The van der Waals surface area contributed by atoms with E-state index in [0.29, 0.717) is 5.69 Å². The van der Waals surface area contributed by atoms with Gasteiger partial charge in [0, 0.05) is 17.8 Å². The van der Waals surface area contributed by atoms with Gasteiger partial charge in [0.15, 0.2) is 10.7 Å². The summed E-state index contributed by atoms with van der Waals surface area (Å²) in [5, 5.41) is 17.4. The second kappa shape index (κ2) is 4.63. The normalized spacial score (nSPS) is 11.6. The number of aromatic nitrogens is 5. The average molecular weight is 299 g/mol. The maximum Gasteiger partial charge on any atom is 0.358 e. The maximum absolute atomic E-state index is 12.9. The number of fused-ring (bicyclic) bond motifs is 1. The molecule has 0 aliphatic heterocycles.